The summed E-state index contributed by atoms with van der Waals surface area (Å²) in [7, 11) is 0. The molecule has 0 bridgehead atoms. The highest BCUT2D eigenvalue weighted by Gasteiger charge is 2.13. The van der Waals surface area contributed by atoms with Crippen molar-refractivity contribution in [2.75, 3.05) is 5.32 Å². The second-order valence-electron chi connectivity index (χ2n) is 3.77. The average Bonchev–Trinajstić information content (AvgIpc) is 2.42. The van der Waals surface area contributed by atoms with Crippen molar-refractivity contribution in [1.82, 2.24) is 10.2 Å². The molecule has 3 N–H and O–H groups in total. The van der Waals surface area contributed by atoms with Crippen LogP contribution in [0.4, 0.5) is 5.69 Å². The highest BCUT2D eigenvalue weighted by molar-refractivity contribution is 6.34. The summed E-state index contributed by atoms with van der Waals surface area (Å²) in [6.45, 7) is 0. The van der Waals surface area contributed by atoms with Crippen LogP contribution in [0.1, 0.15) is 20.7 Å². The lowest BCUT2D eigenvalue weighted by Gasteiger charge is -2.06. The number of benzene rings is 1. The number of nitrogens with one attached hydrogen (secondary N) is 1. The first-order valence-corrected chi connectivity index (χ1v) is 6.13. The zero-order chi connectivity index (χ0) is 14.7. The lowest BCUT2D eigenvalue weighted by molar-refractivity contribution is 0.0998. The Kier molecular flexibility index (Phi) is 4.16. The van der Waals surface area contributed by atoms with E-state index in [1.807, 2.05) is 0 Å². The first-order valence-electron chi connectivity index (χ1n) is 5.37. The molecule has 1 aromatic heterocycles. The quantitative estimate of drug-likeness (QED) is 0.907. The van der Waals surface area contributed by atoms with Crippen molar-refractivity contribution in [3.05, 3.63) is 51.8 Å². The summed E-state index contributed by atoms with van der Waals surface area (Å²) in [5.41, 5.74) is 6.04. The Morgan fingerprint density at radius 3 is 2.35 bits per heavy atom. The van der Waals surface area contributed by atoms with Gasteiger partial charge >= 0.3 is 0 Å². The third-order valence-electron chi connectivity index (χ3n) is 2.39. The number of carbonyl (C=O) groups excluding carboxylic acids is 2. The van der Waals surface area contributed by atoms with Gasteiger partial charge < -0.3 is 11.1 Å². The Bertz CT molecular complexity index is 674. The lowest BCUT2D eigenvalue weighted by Crippen LogP contribution is -2.14. The van der Waals surface area contributed by atoms with Gasteiger partial charge in [-0.05, 0) is 30.3 Å². The van der Waals surface area contributed by atoms with Crippen molar-refractivity contribution in [2.45, 2.75) is 0 Å². The number of nitrogens with zero attached hydrogens (tertiary/aromatic N) is 2. The van der Waals surface area contributed by atoms with Crippen LogP contribution in [-0.2, 0) is 0 Å². The maximum Gasteiger partial charge on any atom is 0.258 e. The van der Waals surface area contributed by atoms with E-state index in [9.17, 15) is 9.59 Å². The van der Waals surface area contributed by atoms with Crippen molar-refractivity contribution >= 4 is 40.7 Å². The third kappa shape index (κ3) is 3.23. The van der Waals surface area contributed by atoms with E-state index in [2.05, 4.69) is 15.5 Å². The molecule has 8 heteroatoms. The molecule has 0 radical (unpaired) electrons. The predicted molar refractivity (Wildman–Crippen MR) is 75.0 cm³/mol. The Morgan fingerprint density at radius 2 is 1.75 bits per heavy atom. The van der Waals surface area contributed by atoms with Crippen LogP contribution in [0, 0.1) is 0 Å². The molecular formula is C12H8Cl2N4O2. The Labute approximate surface area is 123 Å². The number of aromatic nitrogens is 2. The van der Waals surface area contributed by atoms with Crippen LogP contribution in [-0.4, -0.2) is 22.0 Å². The predicted octanol–water partition coefficient (Wildman–Crippen LogP) is 2.13. The molecule has 1 aromatic carbocycles. The maximum absolute atomic E-state index is 12.0. The molecule has 0 unspecified atom stereocenters. The van der Waals surface area contributed by atoms with Crippen LogP contribution >= 0.6 is 23.2 Å². The van der Waals surface area contributed by atoms with Gasteiger partial charge in [0.2, 0.25) is 5.91 Å². The first-order chi connectivity index (χ1) is 9.47. The van der Waals surface area contributed by atoms with Crippen LogP contribution in [0.5, 0.6) is 0 Å². The standard InChI is InChI=1S/C12H8Cl2N4O2/c13-9-5-8(10(14)18-17-9)12(20)16-7-3-1-6(2-4-7)11(15)19/h1-5H,(H2,15,19)(H,16,20). The molecule has 0 saturated heterocycles. The molecule has 2 amide bonds. The van der Waals surface area contributed by atoms with E-state index < -0.39 is 11.8 Å². The SMILES string of the molecule is NC(=O)c1ccc(NC(=O)c2cc(Cl)nnc2Cl)cc1. The fourth-order valence-electron chi connectivity index (χ4n) is 1.43. The van der Waals surface area contributed by atoms with E-state index in [0.717, 1.165) is 0 Å². The molecule has 0 aliphatic carbocycles. The summed E-state index contributed by atoms with van der Waals surface area (Å²) in [5.74, 6) is -1.03. The summed E-state index contributed by atoms with van der Waals surface area (Å²) in [6, 6.07) is 7.39. The highest BCUT2D eigenvalue weighted by Crippen LogP contribution is 2.17. The molecule has 0 aliphatic rings. The van der Waals surface area contributed by atoms with Gasteiger partial charge in [0, 0.05) is 11.3 Å². The van der Waals surface area contributed by atoms with Gasteiger partial charge in [0.05, 0.1) is 5.56 Å². The number of rotatable bonds is 3. The van der Waals surface area contributed by atoms with Crippen LogP contribution in [0.25, 0.3) is 0 Å². The number of nitrogens with two attached hydrogens (primary N) is 1. The summed E-state index contributed by atoms with van der Waals surface area (Å²) in [6.07, 6.45) is 0. The molecule has 6 nitrogen and oxygen atoms in total. The molecule has 0 saturated carbocycles. The van der Waals surface area contributed by atoms with Crippen molar-refractivity contribution < 1.29 is 9.59 Å². The van der Waals surface area contributed by atoms with Crippen LogP contribution < -0.4 is 11.1 Å². The number of halogens is 2. The second-order valence-corrected chi connectivity index (χ2v) is 4.51. The fourth-order valence-corrected chi connectivity index (χ4v) is 1.75. The van der Waals surface area contributed by atoms with E-state index in [1.54, 1.807) is 12.1 Å². The normalized spacial score (nSPS) is 10.1. The van der Waals surface area contributed by atoms with Crippen molar-refractivity contribution in [1.29, 1.82) is 0 Å². The van der Waals surface area contributed by atoms with E-state index in [1.165, 1.54) is 18.2 Å². The highest BCUT2D eigenvalue weighted by atomic mass is 35.5. The average molecular weight is 311 g/mol. The van der Waals surface area contributed by atoms with Gasteiger partial charge in [0.25, 0.3) is 5.91 Å². The number of anilines is 1. The number of carbonyl (C=O) groups is 2. The lowest BCUT2D eigenvalue weighted by atomic mass is 10.2. The van der Waals surface area contributed by atoms with Gasteiger partial charge in [0.1, 0.15) is 0 Å². The van der Waals surface area contributed by atoms with E-state index in [-0.39, 0.29) is 15.9 Å². The molecule has 2 rings (SSSR count). The molecule has 1 heterocycles. The topological polar surface area (TPSA) is 98.0 Å². The molecule has 0 spiro atoms. The summed E-state index contributed by atoms with van der Waals surface area (Å²) in [5, 5.41) is 9.65. The molecule has 0 atom stereocenters. The number of primary amides is 1. The number of hydrogen-bond donors (Lipinski definition) is 2. The summed E-state index contributed by atoms with van der Waals surface area (Å²) >= 11 is 11.4. The fraction of sp³-hybridized carbons (Fsp3) is 0. The molecule has 102 valence electrons. The van der Waals surface area contributed by atoms with E-state index >= 15 is 0 Å². The van der Waals surface area contributed by atoms with Crippen molar-refractivity contribution in [3.63, 3.8) is 0 Å². The zero-order valence-electron chi connectivity index (χ0n) is 9.93. The molecule has 0 fully saturated rings. The minimum Gasteiger partial charge on any atom is -0.366 e. The largest absolute Gasteiger partial charge is 0.366 e. The van der Waals surface area contributed by atoms with Crippen molar-refractivity contribution in [2.24, 2.45) is 5.73 Å². The van der Waals surface area contributed by atoms with Gasteiger partial charge in [-0.25, -0.2) is 0 Å². The number of amides is 2. The zero-order valence-corrected chi connectivity index (χ0v) is 11.4. The summed E-state index contributed by atoms with van der Waals surface area (Å²) in [4.78, 5) is 22.9. The summed E-state index contributed by atoms with van der Waals surface area (Å²) < 4.78 is 0. The minimum atomic E-state index is -0.545. The Morgan fingerprint density at radius 1 is 1.10 bits per heavy atom. The Hall–Kier alpha value is -2.18. The first kappa shape index (κ1) is 14.2. The van der Waals surface area contributed by atoms with Crippen molar-refractivity contribution in [3.8, 4) is 0 Å². The van der Waals surface area contributed by atoms with Crippen LogP contribution in [0.3, 0.4) is 0 Å². The molecular weight excluding hydrogens is 303 g/mol. The molecule has 2 aromatic rings. The number of hydrogen-bond acceptors (Lipinski definition) is 4. The van der Waals surface area contributed by atoms with Crippen LogP contribution in [0.15, 0.2) is 30.3 Å². The van der Waals surface area contributed by atoms with Gasteiger partial charge in [-0.15, -0.1) is 10.2 Å². The van der Waals surface area contributed by atoms with Crippen LogP contribution in [0.2, 0.25) is 10.3 Å². The second kappa shape index (κ2) is 5.85. The van der Waals surface area contributed by atoms with E-state index in [4.69, 9.17) is 28.9 Å². The molecule has 20 heavy (non-hydrogen) atoms. The molecule has 0 aliphatic heterocycles. The van der Waals surface area contributed by atoms with E-state index in [0.29, 0.717) is 11.3 Å². The van der Waals surface area contributed by atoms with Gasteiger partial charge in [-0.2, -0.15) is 0 Å². The van der Waals surface area contributed by atoms with Gasteiger partial charge in [0.15, 0.2) is 10.3 Å². The van der Waals surface area contributed by atoms with Gasteiger partial charge in [-0.1, -0.05) is 23.2 Å². The minimum absolute atomic E-state index is 0.0549. The monoisotopic (exact) mass is 310 g/mol. The smallest absolute Gasteiger partial charge is 0.258 e. The van der Waals surface area contributed by atoms with Gasteiger partial charge in [-0.3, -0.25) is 9.59 Å². The Balaban J connectivity index is 2.19. The third-order valence-corrected chi connectivity index (χ3v) is 2.85. The maximum atomic E-state index is 12.0.